The minimum atomic E-state index is 0.415. The molecule has 0 spiro atoms. The van der Waals surface area contributed by atoms with Crippen LogP contribution in [0.3, 0.4) is 0 Å². The van der Waals surface area contributed by atoms with Gasteiger partial charge in [-0.15, -0.1) is 0 Å². The highest BCUT2D eigenvalue weighted by atomic mass is 79.9. The van der Waals surface area contributed by atoms with E-state index in [-0.39, 0.29) is 0 Å². The lowest BCUT2D eigenvalue weighted by molar-refractivity contribution is 0.561. The molecule has 17 heavy (non-hydrogen) atoms. The molecule has 0 radical (unpaired) electrons. The van der Waals surface area contributed by atoms with Crippen LogP contribution in [0.5, 0.6) is 0 Å². The van der Waals surface area contributed by atoms with Gasteiger partial charge in [-0.25, -0.2) is 9.97 Å². The molecule has 2 aromatic rings. The molecular weight excluding hydrogens is 282 g/mol. The summed E-state index contributed by atoms with van der Waals surface area (Å²) in [6, 6.07) is 4.25. The van der Waals surface area contributed by atoms with Crippen molar-refractivity contribution in [2.75, 3.05) is 0 Å². The number of nitrogens with one attached hydrogen (secondary N) is 1. The van der Waals surface area contributed by atoms with Crippen molar-refractivity contribution in [3.63, 3.8) is 0 Å². The largest absolute Gasteiger partial charge is 0.308 e. The third-order valence-corrected chi connectivity index (χ3v) is 2.68. The summed E-state index contributed by atoms with van der Waals surface area (Å²) in [6.07, 6.45) is 3.29. The Morgan fingerprint density at radius 1 is 1.35 bits per heavy atom. The first-order valence-electron chi connectivity index (χ1n) is 5.41. The lowest BCUT2D eigenvalue weighted by Gasteiger charge is -2.08. The first-order valence-corrected chi connectivity index (χ1v) is 6.20. The molecule has 0 aliphatic carbocycles. The third-order valence-electron chi connectivity index (χ3n) is 2.22. The van der Waals surface area contributed by atoms with Crippen LogP contribution < -0.4 is 5.32 Å². The van der Waals surface area contributed by atoms with Crippen LogP contribution >= 0.6 is 15.9 Å². The third kappa shape index (κ3) is 3.10. The van der Waals surface area contributed by atoms with Gasteiger partial charge >= 0.3 is 0 Å². The molecule has 1 N–H and O–H groups in total. The second-order valence-electron chi connectivity index (χ2n) is 3.96. The molecule has 0 fully saturated rings. The number of aromatic nitrogens is 4. The van der Waals surface area contributed by atoms with Gasteiger partial charge in [-0.3, -0.25) is 0 Å². The van der Waals surface area contributed by atoms with E-state index in [1.165, 1.54) is 0 Å². The maximum Gasteiger partial charge on any atom is 0.155 e. The molecule has 0 aromatic carbocycles. The van der Waals surface area contributed by atoms with E-state index in [1.807, 2.05) is 12.1 Å². The van der Waals surface area contributed by atoms with Crippen molar-refractivity contribution in [1.29, 1.82) is 0 Å². The molecule has 0 saturated carbocycles. The van der Waals surface area contributed by atoms with Crippen LogP contribution in [0, 0.1) is 0 Å². The maximum atomic E-state index is 4.29. The summed E-state index contributed by atoms with van der Waals surface area (Å²) in [4.78, 5) is 8.52. The van der Waals surface area contributed by atoms with Gasteiger partial charge in [0.05, 0.1) is 6.54 Å². The van der Waals surface area contributed by atoms with E-state index in [2.05, 4.69) is 50.2 Å². The topological polar surface area (TPSA) is 55.6 Å². The van der Waals surface area contributed by atoms with Gasteiger partial charge in [0, 0.05) is 16.7 Å². The van der Waals surface area contributed by atoms with Gasteiger partial charge in [0.15, 0.2) is 5.82 Å². The number of nitrogens with zero attached hydrogens (tertiary/aromatic N) is 4. The molecule has 0 amide bonds. The molecule has 2 rings (SSSR count). The van der Waals surface area contributed by atoms with Crippen molar-refractivity contribution < 1.29 is 0 Å². The van der Waals surface area contributed by atoms with Crippen LogP contribution in [0.15, 0.2) is 29.1 Å². The van der Waals surface area contributed by atoms with Crippen LogP contribution in [0.25, 0.3) is 5.82 Å². The fraction of sp³-hybridized carbons (Fsp3) is 0.364. The highest BCUT2D eigenvalue weighted by Gasteiger charge is 2.07. The Hall–Kier alpha value is -1.27. The molecule has 90 valence electrons. The van der Waals surface area contributed by atoms with Crippen molar-refractivity contribution in [2.24, 2.45) is 0 Å². The van der Waals surface area contributed by atoms with Gasteiger partial charge in [-0.2, -0.15) is 9.78 Å². The molecule has 2 aromatic heterocycles. The number of halogens is 1. The van der Waals surface area contributed by atoms with Gasteiger partial charge in [-0.1, -0.05) is 13.8 Å². The zero-order valence-corrected chi connectivity index (χ0v) is 11.3. The number of hydrogen-bond acceptors (Lipinski definition) is 4. The monoisotopic (exact) mass is 295 g/mol. The molecular formula is C11H14BrN5. The van der Waals surface area contributed by atoms with Crippen LogP contribution in [-0.2, 0) is 6.54 Å². The van der Waals surface area contributed by atoms with E-state index < -0.39 is 0 Å². The average molecular weight is 296 g/mol. The van der Waals surface area contributed by atoms with Gasteiger partial charge in [-0.05, 0) is 28.1 Å². The van der Waals surface area contributed by atoms with Crippen LogP contribution in [0.4, 0.5) is 0 Å². The molecule has 0 saturated heterocycles. The maximum absolute atomic E-state index is 4.29. The Kier molecular flexibility index (Phi) is 3.86. The summed E-state index contributed by atoms with van der Waals surface area (Å²) in [5.41, 5.74) is 0. The average Bonchev–Trinajstić information content (AvgIpc) is 2.75. The normalized spacial score (nSPS) is 11.1. The first kappa shape index (κ1) is 12.2. The van der Waals surface area contributed by atoms with E-state index in [0.29, 0.717) is 12.6 Å². The quantitative estimate of drug-likeness (QED) is 0.936. The second kappa shape index (κ2) is 5.37. The number of pyridine rings is 1. The Bertz CT molecular complexity index is 477. The summed E-state index contributed by atoms with van der Waals surface area (Å²) in [7, 11) is 0. The summed E-state index contributed by atoms with van der Waals surface area (Å²) in [5.74, 6) is 1.62. The zero-order chi connectivity index (χ0) is 12.3. The van der Waals surface area contributed by atoms with E-state index in [9.17, 15) is 0 Å². The molecule has 5 nitrogen and oxygen atoms in total. The predicted molar refractivity (Wildman–Crippen MR) is 68.8 cm³/mol. The van der Waals surface area contributed by atoms with Gasteiger partial charge in [0.25, 0.3) is 0 Å². The Morgan fingerprint density at radius 3 is 2.82 bits per heavy atom. The highest BCUT2D eigenvalue weighted by molar-refractivity contribution is 9.10. The fourth-order valence-electron chi connectivity index (χ4n) is 1.37. The van der Waals surface area contributed by atoms with E-state index in [4.69, 9.17) is 0 Å². The van der Waals surface area contributed by atoms with Gasteiger partial charge < -0.3 is 5.32 Å². The van der Waals surface area contributed by atoms with Crippen molar-refractivity contribution >= 4 is 15.9 Å². The molecule has 6 heteroatoms. The minimum Gasteiger partial charge on any atom is -0.308 e. The standard InChI is InChI=1S/C11H14BrN5/c1-8(2)13-6-11-15-7-16-17(11)10-4-3-9(12)5-14-10/h3-5,7-8,13H,6H2,1-2H3. The SMILES string of the molecule is CC(C)NCc1ncnn1-c1ccc(Br)cn1. The number of hydrogen-bond donors (Lipinski definition) is 1. The van der Waals surface area contributed by atoms with Crippen molar-refractivity contribution in [3.8, 4) is 5.82 Å². The van der Waals surface area contributed by atoms with Gasteiger partial charge in [0.2, 0.25) is 0 Å². The highest BCUT2D eigenvalue weighted by Crippen LogP contribution is 2.11. The smallest absolute Gasteiger partial charge is 0.155 e. The van der Waals surface area contributed by atoms with Gasteiger partial charge in [0.1, 0.15) is 12.2 Å². The van der Waals surface area contributed by atoms with E-state index in [1.54, 1.807) is 17.2 Å². The Labute approximate surface area is 108 Å². The first-order chi connectivity index (χ1) is 8.16. The summed E-state index contributed by atoms with van der Waals surface area (Å²) in [5, 5.41) is 7.49. The molecule has 0 bridgehead atoms. The molecule has 2 heterocycles. The molecule has 0 atom stereocenters. The van der Waals surface area contributed by atoms with Crippen LogP contribution in [-0.4, -0.2) is 25.8 Å². The van der Waals surface area contributed by atoms with Crippen molar-refractivity contribution in [2.45, 2.75) is 26.4 Å². The zero-order valence-electron chi connectivity index (χ0n) is 9.76. The van der Waals surface area contributed by atoms with E-state index in [0.717, 1.165) is 16.1 Å². The summed E-state index contributed by atoms with van der Waals surface area (Å²) in [6.45, 7) is 4.87. The summed E-state index contributed by atoms with van der Waals surface area (Å²) >= 11 is 3.36. The number of rotatable bonds is 4. The summed E-state index contributed by atoms with van der Waals surface area (Å²) < 4.78 is 2.69. The minimum absolute atomic E-state index is 0.415. The fourth-order valence-corrected chi connectivity index (χ4v) is 1.60. The van der Waals surface area contributed by atoms with Crippen molar-refractivity contribution in [1.82, 2.24) is 25.1 Å². The second-order valence-corrected chi connectivity index (χ2v) is 4.87. The van der Waals surface area contributed by atoms with E-state index >= 15 is 0 Å². The molecule has 0 aliphatic heterocycles. The van der Waals surface area contributed by atoms with Crippen LogP contribution in [0.2, 0.25) is 0 Å². The molecule has 0 aliphatic rings. The Morgan fingerprint density at radius 2 is 2.18 bits per heavy atom. The Balaban J connectivity index is 2.21. The predicted octanol–water partition coefficient (Wildman–Crippen LogP) is 1.92. The lowest BCUT2D eigenvalue weighted by atomic mass is 10.4. The molecule has 0 unspecified atom stereocenters. The lowest BCUT2D eigenvalue weighted by Crippen LogP contribution is -2.24. The van der Waals surface area contributed by atoms with Crippen molar-refractivity contribution in [3.05, 3.63) is 35.0 Å². The van der Waals surface area contributed by atoms with Crippen LogP contribution in [0.1, 0.15) is 19.7 Å².